The quantitative estimate of drug-likeness (QED) is 0.0638. The van der Waals surface area contributed by atoms with Crippen molar-refractivity contribution in [1.29, 1.82) is 0 Å². The van der Waals surface area contributed by atoms with Crippen LogP contribution in [0.2, 0.25) is 27.3 Å². The van der Waals surface area contributed by atoms with E-state index < -0.39 is 66.3 Å². The Labute approximate surface area is 407 Å². The molecule has 0 amide bonds. The molecule has 2 aromatic heterocycles. The van der Waals surface area contributed by atoms with E-state index in [0.29, 0.717) is 24.4 Å². The molecule has 4 aromatic carbocycles. The number of nitrogens with zero attached hydrogens (tertiary/aromatic N) is 4. The van der Waals surface area contributed by atoms with Gasteiger partial charge >= 0.3 is 17.1 Å². The summed E-state index contributed by atoms with van der Waals surface area (Å²) in [6.45, 7) is 19.1. The van der Waals surface area contributed by atoms with E-state index in [1.54, 1.807) is 6.33 Å². The first kappa shape index (κ1) is 49.1. The van der Waals surface area contributed by atoms with Crippen molar-refractivity contribution < 1.29 is 41.4 Å². The molecule has 5 heterocycles. The molecular formula is C52H65ClN4O9Si2. The Bertz CT molecular complexity index is 2570. The SMILES string of the molecule is CC(C)[Si]1(C(C)C)OC[C@H]2O[C@@H](n3cnc4c(Cl)ncnc43)C(O[C@@H]3OC(COCc4ccccc4)C(OCc4ccccc4)C3OCc3ccc4ccccc4c3)[C@H]2O[Si](C(C)C)(C(C)C)O1. The van der Waals surface area contributed by atoms with Crippen LogP contribution in [0.25, 0.3) is 21.9 Å². The molecule has 0 bridgehead atoms. The summed E-state index contributed by atoms with van der Waals surface area (Å²) in [5, 5.41) is 2.51. The van der Waals surface area contributed by atoms with Gasteiger partial charge in [0.05, 0.1) is 39.4 Å². The lowest BCUT2D eigenvalue weighted by atomic mass is 10.1. The molecule has 8 atom stereocenters. The maximum Gasteiger partial charge on any atom is 0.335 e. The second-order valence-electron chi connectivity index (χ2n) is 19.5. The van der Waals surface area contributed by atoms with Crippen LogP contribution >= 0.6 is 11.6 Å². The minimum Gasteiger partial charge on any atom is -0.414 e. The molecule has 9 rings (SSSR count). The van der Waals surface area contributed by atoms with Crippen molar-refractivity contribution in [3.63, 3.8) is 0 Å². The van der Waals surface area contributed by atoms with Gasteiger partial charge in [0.1, 0.15) is 48.5 Å². The summed E-state index contributed by atoms with van der Waals surface area (Å²) in [5.41, 5.74) is 4.40. The van der Waals surface area contributed by atoms with E-state index in [4.69, 9.17) is 53.0 Å². The van der Waals surface area contributed by atoms with Crippen LogP contribution < -0.4 is 0 Å². The van der Waals surface area contributed by atoms with E-state index >= 15 is 0 Å². The van der Waals surface area contributed by atoms with Crippen molar-refractivity contribution in [1.82, 2.24) is 19.5 Å². The van der Waals surface area contributed by atoms with E-state index in [-0.39, 0.29) is 47.1 Å². The molecule has 3 fully saturated rings. The maximum absolute atomic E-state index is 7.72. The Hall–Kier alpha value is -3.95. The summed E-state index contributed by atoms with van der Waals surface area (Å²) < 4.78 is 66.5. The van der Waals surface area contributed by atoms with Crippen LogP contribution in [0.5, 0.6) is 0 Å². The van der Waals surface area contributed by atoms with Gasteiger partial charge in [-0.2, -0.15) is 0 Å². The Morgan fingerprint density at radius 1 is 0.662 bits per heavy atom. The van der Waals surface area contributed by atoms with Crippen molar-refractivity contribution >= 4 is 50.7 Å². The van der Waals surface area contributed by atoms with Crippen LogP contribution in [0.3, 0.4) is 0 Å². The van der Waals surface area contributed by atoms with Crippen LogP contribution in [0.1, 0.15) is 78.3 Å². The summed E-state index contributed by atoms with van der Waals surface area (Å²) in [7, 11) is -6.10. The number of fused-ring (bicyclic) bond motifs is 3. The Balaban J connectivity index is 1.12. The molecule has 4 unspecified atom stereocenters. The first-order valence-corrected chi connectivity index (χ1v) is 28.4. The van der Waals surface area contributed by atoms with Crippen molar-refractivity contribution in [3.8, 4) is 0 Å². The number of aromatic nitrogens is 4. The fourth-order valence-electron chi connectivity index (χ4n) is 10.1. The standard InChI is InChI=1S/C52H65ClN4O9Si2/c1-33(2)67(34(3)4)61-30-43-46(65-68(66-67,35(5)6)36(7)8)47(51(62-43)57-32-56-44-49(53)54-31-55-50(44)57)64-52-48(60-28-39-23-24-40-21-15-16-22-41(40)25-39)45(59-27-38-19-13-10-14-20-38)42(63-52)29-58-26-37-17-11-9-12-18-37/h9-25,31-36,42-43,45-48,51-52H,26-30H2,1-8H3/t42?,43-,45?,46+,47?,48?,51-,52+/m1/s1. The highest BCUT2D eigenvalue weighted by atomic mass is 35.5. The number of ether oxygens (including phenoxy) is 6. The maximum atomic E-state index is 7.72. The summed E-state index contributed by atoms with van der Waals surface area (Å²) in [6, 6.07) is 34.9. The Morgan fingerprint density at radius 2 is 1.29 bits per heavy atom. The minimum atomic E-state index is -3.18. The summed E-state index contributed by atoms with van der Waals surface area (Å²) in [5.74, 6) is 0. The Morgan fingerprint density at radius 3 is 1.99 bits per heavy atom. The van der Waals surface area contributed by atoms with E-state index in [9.17, 15) is 0 Å². The lowest BCUT2D eigenvalue weighted by Crippen LogP contribution is -2.66. The predicted octanol–water partition coefficient (Wildman–Crippen LogP) is 11.0. The largest absolute Gasteiger partial charge is 0.414 e. The van der Waals surface area contributed by atoms with Crippen LogP contribution in [0, 0.1) is 0 Å². The van der Waals surface area contributed by atoms with Crippen molar-refractivity contribution in [2.75, 3.05) is 13.2 Å². The van der Waals surface area contributed by atoms with Crippen molar-refractivity contribution in [2.24, 2.45) is 0 Å². The Kier molecular flexibility index (Phi) is 15.3. The molecule has 16 heteroatoms. The third kappa shape index (κ3) is 10.0. The topological polar surface area (TPSA) is 127 Å². The number of hydrogen-bond donors (Lipinski definition) is 0. The molecule has 13 nitrogen and oxygen atoms in total. The number of benzene rings is 4. The fraction of sp³-hybridized carbons (Fsp3) is 0.481. The normalized spacial score (nSPS) is 26.0. The zero-order chi connectivity index (χ0) is 47.6. The van der Waals surface area contributed by atoms with Gasteiger partial charge in [-0.1, -0.05) is 164 Å². The van der Waals surface area contributed by atoms with Crippen LogP contribution in [0.15, 0.2) is 116 Å². The smallest absolute Gasteiger partial charge is 0.335 e. The third-order valence-corrected chi connectivity index (χ3v) is 24.2. The highest BCUT2D eigenvalue weighted by molar-refractivity contribution is 6.84. The molecule has 3 aliphatic heterocycles. The molecule has 0 aliphatic carbocycles. The van der Waals surface area contributed by atoms with Crippen molar-refractivity contribution in [2.45, 2.75) is 147 Å². The number of imidazole rings is 1. The number of hydrogen-bond acceptors (Lipinski definition) is 12. The van der Waals surface area contributed by atoms with Gasteiger partial charge in [-0.25, -0.2) is 15.0 Å². The van der Waals surface area contributed by atoms with Gasteiger partial charge in [-0.15, -0.1) is 0 Å². The minimum absolute atomic E-state index is 0.0530. The molecule has 6 aromatic rings. The highest BCUT2D eigenvalue weighted by Gasteiger charge is 2.63. The van der Waals surface area contributed by atoms with E-state index in [1.165, 1.54) is 6.33 Å². The average molecular weight is 982 g/mol. The summed E-state index contributed by atoms with van der Waals surface area (Å²) in [4.78, 5) is 13.5. The van der Waals surface area contributed by atoms with Gasteiger partial charge in [0, 0.05) is 0 Å². The monoisotopic (exact) mass is 980 g/mol. The van der Waals surface area contributed by atoms with Gasteiger partial charge in [0.15, 0.2) is 23.3 Å². The zero-order valence-corrected chi connectivity index (χ0v) is 43.0. The molecule has 0 spiro atoms. The van der Waals surface area contributed by atoms with E-state index in [0.717, 1.165) is 27.5 Å². The van der Waals surface area contributed by atoms with Gasteiger partial charge in [0.2, 0.25) is 0 Å². The van der Waals surface area contributed by atoms with Gasteiger partial charge in [-0.3, -0.25) is 4.57 Å². The van der Waals surface area contributed by atoms with Gasteiger partial charge < -0.3 is 41.4 Å². The molecular weight excluding hydrogens is 916 g/mol. The zero-order valence-electron chi connectivity index (χ0n) is 40.3. The van der Waals surface area contributed by atoms with Crippen LogP contribution in [-0.2, 0) is 61.2 Å². The lowest BCUT2D eigenvalue weighted by molar-refractivity contribution is -0.229. The molecule has 68 heavy (non-hydrogen) atoms. The highest BCUT2D eigenvalue weighted by Crippen LogP contribution is 2.50. The second kappa shape index (κ2) is 21.2. The number of rotatable bonds is 17. The lowest BCUT2D eigenvalue weighted by Gasteiger charge is -2.51. The molecule has 3 aliphatic rings. The molecule has 0 N–H and O–H groups in total. The number of halogens is 1. The fourth-order valence-corrected chi connectivity index (χ4v) is 21.5. The third-order valence-electron chi connectivity index (χ3n) is 13.7. The van der Waals surface area contributed by atoms with Crippen LogP contribution in [-0.4, -0.2) is 92.8 Å². The van der Waals surface area contributed by atoms with Gasteiger partial charge in [-0.05, 0) is 55.7 Å². The molecule has 362 valence electrons. The molecule has 0 radical (unpaired) electrons. The predicted molar refractivity (Wildman–Crippen MR) is 265 cm³/mol. The van der Waals surface area contributed by atoms with Crippen LogP contribution in [0.4, 0.5) is 0 Å². The van der Waals surface area contributed by atoms with E-state index in [1.807, 2.05) is 77.4 Å². The van der Waals surface area contributed by atoms with Crippen molar-refractivity contribution in [3.05, 3.63) is 138 Å². The second-order valence-corrected chi connectivity index (χ2v) is 28.7. The summed E-state index contributed by atoms with van der Waals surface area (Å²) >= 11 is 6.62. The average Bonchev–Trinajstić information content (AvgIpc) is 4.01. The first-order valence-electron chi connectivity index (χ1n) is 24.0. The molecule has 3 saturated heterocycles. The first-order chi connectivity index (χ1) is 32.9. The summed E-state index contributed by atoms with van der Waals surface area (Å²) in [6.07, 6.45) is -2.66. The molecule has 0 saturated carbocycles. The van der Waals surface area contributed by atoms with Gasteiger partial charge in [0.25, 0.3) is 0 Å². The van der Waals surface area contributed by atoms with E-state index in [2.05, 4.69) is 101 Å².